The molecule has 0 aliphatic carbocycles. The molecule has 1 amide bonds. The van der Waals surface area contributed by atoms with E-state index in [0.29, 0.717) is 21.7 Å². The molecule has 1 aliphatic rings. The van der Waals surface area contributed by atoms with E-state index < -0.39 is 11.7 Å². The Morgan fingerprint density at radius 1 is 1.11 bits per heavy atom. The standard InChI is InChI=1S/C20H22F3N3OS/c21-20(22,23)13-5-6-17(16(11-13)15-3-1-2-4-18(15)28)25-12-19(27)26-14-7-9-24-10-8-14/h1-6,11,14,24-25,28H,7-10,12H2,(H,26,27). The van der Waals surface area contributed by atoms with Crippen LogP contribution in [-0.2, 0) is 11.0 Å². The number of carbonyl (C=O) groups excluding carboxylic acids is 1. The predicted octanol–water partition coefficient (Wildman–Crippen LogP) is 3.94. The first-order valence-electron chi connectivity index (χ1n) is 9.08. The van der Waals surface area contributed by atoms with Crippen LogP contribution < -0.4 is 16.0 Å². The molecule has 28 heavy (non-hydrogen) atoms. The lowest BCUT2D eigenvalue weighted by Gasteiger charge is -2.24. The summed E-state index contributed by atoms with van der Waals surface area (Å²) < 4.78 is 39.5. The molecule has 3 N–H and O–H groups in total. The molecule has 0 aromatic heterocycles. The zero-order chi connectivity index (χ0) is 20.1. The van der Waals surface area contributed by atoms with Gasteiger partial charge in [-0.2, -0.15) is 13.2 Å². The lowest BCUT2D eigenvalue weighted by Crippen LogP contribution is -2.44. The number of thiol groups is 1. The summed E-state index contributed by atoms with van der Waals surface area (Å²) in [5.74, 6) is -0.183. The molecule has 1 saturated heterocycles. The van der Waals surface area contributed by atoms with Gasteiger partial charge in [-0.1, -0.05) is 18.2 Å². The highest BCUT2D eigenvalue weighted by Crippen LogP contribution is 2.38. The van der Waals surface area contributed by atoms with E-state index in [4.69, 9.17) is 0 Å². The largest absolute Gasteiger partial charge is 0.416 e. The number of rotatable bonds is 5. The topological polar surface area (TPSA) is 53.2 Å². The first-order chi connectivity index (χ1) is 13.3. The molecule has 0 spiro atoms. The average molecular weight is 409 g/mol. The minimum Gasteiger partial charge on any atom is -0.376 e. The molecule has 0 saturated carbocycles. The Balaban J connectivity index is 1.79. The zero-order valence-corrected chi connectivity index (χ0v) is 16.0. The van der Waals surface area contributed by atoms with Crippen molar-refractivity contribution in [1.29, 1.82) is 0 Å². The Kier molecular flexibility index (Phi) is 6.51. The van der Waals surface area contributed by atoms with Gasteiger partial charge in [0, 0.05) is 22.2 Å². The van der Waals surface area contributed by atoms with Crippen LogP contribution in [0.15, 0.2) is 47.4 Å². The van der Waals surface area contributed by atoms with Gasteiger partial charge in [0.1, 0.15) is 0 Å². The number of hydrogen-bond donors (Lipinski definition) is 4. The third kappa shape index (κ3) is 5.20. The first-order valence-corrected chi connectivity index (χ1v) is 9.53. The van der Waals surface area contributed by atoms with Crippen LogP contribution in [0.4, 0.5) is 18.9 Å². The Bertz CT molecular complexity index is 836. The molecule has 8 heteroatoms. The van der Waals surface area contributed by atoms with Gasteiger partial charge < -0.3 is 16.0 Å². The van der Waals surface area contributed by atoms with Gasteiger partial charge in [-0.3, -0.25) is 4.79 Å². The maximum absolute atomic E-state index is 13.2. The van der Waals surface area contributed by atoms with Gasteiger partial charge in [-0.15, -0.1) is 12.6 Å². The van der Waals surface area contributed by atoms with Gasteiger partial charge in [0.05, 0.1) is 12.1 Å². The molecule has 0 radical (unpaired) electrons. The van der Waals surface area contributed by atoms with E-state index in [-0.39, 0.29) is 18.5 Å². The fraction of sp³-hybridized carbons (Fsp3) is 0.350. The van der Waals surface area contributed by atoms with Crippen molar-refractivity contribution in [1.82, 2.24) is 10.6 Å². The van der Waals surface area contributed by atoms with Gasteiger partial charge >= 0.3 is 6.18 Å². The number of benzene rings is 2. The molecule has 3 rings (SSSR count). The molecule has 1 fully saturated rings. The average Bonchev–Trinajstić information content (AvgIpc) is 2.67. The van der Waals surface area contributed by atoms with Crippen LogP contribution in [0.1, 0.15) is 18.4 Å². The second-order valence-corrected chi connectivity index (χ2v) is 7.20. The molecule has 0 unspecified atom stereocenters. The van der Waals surface area contributed by atoms with E-state index in [1.807, 2.05) is 0 Å². The summed E-state index contributed by atoms with van der Waals surface area (Å²) >= 11 is 4.37. The minimum absolute atomic E-state index is 0.0168. The van der Waals surface area contributed by atoms with Crippen molar-refractivity contribution in [3.8, 4) is 11.1 Å². The number of amides is 1. The second kappa shape index (κ2) is 8.87. The van der Waals surface area contributed by atoms with Gasteiger partial charge in [-0.05, 0) is 55.8 Å². The summed E-state index contributed by atoms with van der Waals surface area (Å²) in [6, 6.07) is 10.5. The van der Waals surface area contributed by atoms with E-state index in [1.165, 1.54) is 6.07 Å². The quantitative estimate of drug-likeness (QED) is 0.566. The van der Waals surface area contributed by atoms with Crippen LogP contribution in [0.2, 0.25) is 0 Å². The molecule has 0 bridgehead atoms. The summed E-state index contributed by atoms with van der Waals surface area (Å²) in [5.41, 5.74) is 0.632. The Morgan fingerprint density at radius 2 is 1.82 bits per heavy atom. The molecule has 2 aromatic rings. The highest BCUT2D eigenvalue weighted by molar-refractivity contribution is 7.80. The maximum atomic E-state index is 13.2. The summed E-state index contributed by atoms with van der Waals surface area (Å²) in [5, 5.41) is 9.16. The van der Waals surface area contributed by atoms with E-state index >= 15 is 0 Å². The number of nitrogens with one attached hydrogen (secondary N) is 3. The van der Waals surface area contributed by atoms with Crippen molar-refractivity contribution in [3.05, 3.63) is 48.0 Å². The fourth-order valence-electron chi connectivity index (χ4n) is 3.22. The van der Waals surface area contributed by atoms with Crippen molar-refractivity contribution in [2.75, 3.05) is 25.0 Å². The van der Waals surface area contributed by atoms with Gasteiger partial charge in [0.15, 0.2) is 0 Å². The number of carbonyl (C=O) groups is 1. The fourth-order valence-corrected chi connectivity index (χ4v) is 3.50. The summed E-state index contributed by atoms with van der Waals surface area (Å²) in [6.07, 6.45) is -2.72. The van der Waals surface area contributed by atoms with E-state index in [9.17, 15) is 18.0 Å². The van der Waals surface area contributed by atoms with Crippen molar-refractivity contribution in [3.63, 3.8) is 0 Å². The third-order valence-electron chi connectivity index (χ3n) is 4.68. The molecule has 4 nitrogen and oxygen atoms in total. The highest BCUT2D eigenvalue weighted by atomic mass is 32.1. The van der Waals surface area contributed by atoms with E-state index in [0.717, 1.165) is 38.1 Å². The van der Waals surface area contributed by atoms with Crippen LogP contribution in [0.5, 0.6) is 0 Å². The van der Waals surface area contributed by atoms with Crippen LogP contribution >= 0.6 is 12.6 Å². The van der Waals surface area contributed by atoms with Crippen LogP contribution in [0.25, 0.3) is 11.1 Å². The minimum atomic E-state index is -4.45. The zero-order valence-electron chi connectivity index (χ0n) is 15.1. The van der Waals surface area contributed by atoms with Gasteiger partial charge in [0.2, 0.25) is 5.91 Å². The van der Waals surface area contributed by atoms with Crippen LogP contribution in [0.3, 0.4) is 0 Å². The van der Waals surface area contributed by atoms with Crippen molar-refractivity contribution >= 4 is 24.2 Å². The van der Waals surface area contributed by atoms with Crippen molar-refractivity contribution in [2.45, 2.75) is 30.0 Å². The lowest BCUT2D eigenvalue weighted by molar-refractivity contribution is -0.137. The number of hydrogen-bond acceptors (Lipinski definition) is 4. The van der Waals surface area contributed by atoms with Crippen molar-refractivity contribution < 1.29 is 18.0 Å². The first kappa shape index (κ1) is 20.5. The number of alkyl halides is 3. The Labute approximate surface area is 167 Å². The Morgan fingerprint density at radius 3 is 2.50 bits per heavy atom. The smallest absolute Gasteiger partial charge is 0.376 e. The summed E-state index contributed by atoms with van der Waals surface area (Å²) in [6.45, 7) is 1.71. The highest BCUT2D eigenvalue weighted by Gasteiger charge is 2.31. The van der Waals surface area contributed by atoms with Crippen LogP contribution in [-0.4, -0.2) is 31.6 Å². The third-order valence-corrected chi connectivity index (χ3v) is 5.07. The second-order valence-electron chi connectivity index (χ2n) is 6.72. The molecule has 1 heterocycles. The molecular formula is C20H22F3N3OS. The molecule has 0 atom stereocenters. The monoisotopic (exact) mass is 409 g/mol. The van der Waals surface area contributed by atoms with Gasteiger partial charge in [-0.25, -0.2) is 0 Å². The summed E-state index contributed by atoms with van der Waals surface area (Å²) in [4.78, 5) is 12.8. The van der Waals surface area contributed by atoms with Crippen molar-refractivity contribution in [2.24, 2.45) is 0 Å². The lowest BCUT2D eigenvalue weighted by atomic mass is 10.0. The van der Waals surface area contributed by atoms with E-state index in [1.54, 1.807) is 24.3 Å². The predicted molar refractivity (Wildman–Crippen MR) is 107 cm³/mol. The summed E-state index contributed by atoms with van der Waals surface area (Å²) in [7, 11) is 0. The van der Waals surface area contributed by atoms with Crippen LogP contribution in [0, 0.1) is 0 Å². The number of halogens is 3. The van der Waals surface area contributed by atoms with E-state index in [2.05, 4.69) is 28.6 Å². The Hall–Kier alpha value is -2.19. The number of anilines is 1. The normalized spacial score (nSPS) is 15.3. The van der Waals surface area contributed by atoms with Gasteiger partial charge in [0.25, 0.3) is 0 Å². The molecule has 150 valence electrons. The molecule has 1 aliphatic heterocycles. The SMILES string of the molecule is O=C(CNc1ccc(C(F)(F)F)cc1-c1ccccc1S)NC1CCNCC1. The number of piperidine rings is 1. The molecular weight excluding hydrogens is 387 g/mol. The molecule has 2 aromatic carbocycles. The maximum Gasteiger partial charge on any atom is 0.416 e.